The average Bonchev–Trinajstić information content (AvgIpc) is 2.39. The number of hydrogen-bond donors (Lipinski definition) is 2. The number of carbonyl (C=O) groups is 1. The van der Waals surface area contributed by atoms with E-state index in [2.05, 4.69) is 17.2 Å². The highest BCUT2D eigenvalue weighted by Gasteiger charge is 2.21. The molecule has 0 atom stereocenters. The van der Waals surface area contributed by atoms with Crippen molar-refractivity contribution in [3.8, 4) is 11.8 Å². The first-order valence-electron chi connectivity index (χ1n) is 7.11. The summed E-state index contributed by atoms with van der Waals surface area (Å²) in [6.45, 7) is 5.87. The molecular weight excluding hydrogens is 269 g/mol. The molecule has 4 heteroatoms. The van der Waals surface area contributed by atoms with E-state index in [1.54, 1.807) is 0 Å². The number of hydrogen-bond acceptors (Lipinski definition) is 2. The molecule has 0 aliphatic heterocycles. The van der Waals surface area contributed by atoms with Crippen LogP contribution in [0.15, 0.2) is 18.2 Å². The van der Waals surface area contributed by atoms with Crippen molar-refractivity contribution in [2.45, 2.75) is 45.6 Å². The minimum absolute atomic E-state index is 0.0424. The minimum atomic E-state index is -0.471. The van der Waals surface area contributed by atoms with Gasteiger partial charge in [0.15, 0.2) is 0 Å². The van der Waals surface area contributed by atoms with Gasteiger partial charge in [-0.3, -0.25) is 4.79 Å². The van der Waals surface area contributed by atoms with E-state index in [1.807, 2.05) is 20.8 Å². The fourth-order valence-corrected chi connectivity index (χ4v) is 2.09. The van der Waals surface area contributed by atoms with Crippen LogP contribution in [0.3, 0.4) is 0 Å². The van der Waals surface area contributed by atoms with Crippen LogP contribution in [0.4, 0.5) is 4.39 Å². The number of rotatable bonds is 5. The second-order valence-corrected chi connectivity index (χ2v) is 5.55. The third-order valence-corrected chi connectivity index (χ3v) is 3.01. The smallest absolute Gasteiger partial charge is 0.253 e. The molecule has 3 nitrogen and oxygen atoms in total. The molecule has 1 aromatic carbocycles. The summed E-state index contributed by atoms with van der Waals surface area (Å²) in [5.74, 6) is 4.75. The van der Waals surface area contributed by atoms with Crippen LogP contribution in [0.5, 0.6) is 0 Å². The fourth-order valence-electron chi connectivity index (χ4n) is 2.09. The Balaban J connectivity index is 3.03. The first kappa shape index (κ1) is 17.2. The summed E-state index contributed by atoms with van der Waals surface area (Å²) >= 11 is 0. The van der Waals surface area contributed by atoms with Crippen LogP contribution in [-0.4, -0.2) is 23.2 Å². The number of halogens is 1. The molecule has 0 spiro atoms. The summed E-state index contributed by atoms with van der Waals surface area (Å²) in [7, 11) is 0. The molecule has 114 valence electrons. The number of aliphatic hydroxyl groups is 1. The molecule has 0 radical (unpaired) electrons. The highest BCUT2D eigenvalue weighted by atomic mass is 19.1. The summed E-state index contributed by atoms with van der Waals surface area (Å²) in [4.78, 5) is 12.3. The Kier molecular flexibility index (Phi) is 6.39. The van der Waals surface area contributed by atoms with Gasteiger partial charge in [-0.05, 0) is 38.5 Å². The monoisotopic (exact) mass is 291 g/mol. The zero-order valence-corrected chi connectivity index (χ0v) is 12.8. The molecule has 1 rings (SSSR count). The highest BCUT2D eigenvalue weighted by molar-refractivity contribution is 5.97. The molecule has 0 fully saturated rings. The van der Waals surface area contributed by atoms with Crippen molar-refractivity contribution in [2.75, 3.05) is 6.61 Å². The number of nitrogens with one attached hydrogen (secondary N) is 1. The predicted molar refractivity (Wildman–Crippen MR) is 81.4 cm³/mol. The normalized spacial score (nSPS) is 10.7. The molecule has 0 bridgehead atoms. The Morgan fingerprint density at radius 3 is 2.76 bits per heavy atom. The summed E-state index contributed by atoms with van der Waals surface area (Å²) in [5.41, 5.74) is 0.341. The topological polar surface area (TPSA) is 49.3 Å². The van der Waals surface area contributed by atoms with Gasteiger partial charge in [0, 0.05) is 17.5 Å². The maximum atomic E-state index is 13.4. The van der Waals surface area contributed by atoms with E-state index in [-0.39, 0.29) is 23.6 Å². The fraction of sp³-hybridized carbons (Fsp3) is 0.471. The highest BCUT2D eigenvalue weighted by Crippen LogP contribution is 2.15. The third-order valence-electron chi connectivity index (χ3n) is 3.01. The van der Waals surface area contributed by atoms with Gasteiger partial charge in [0.2, 0.25) is 0 Å². The lowest BCUT2D eigenvalue weighted by Crippen LogP contribution is -2.43. The van der Waals surface area contributed by atoms with E-state index < -0.39 is 5.82 Å². The number of carbonyl (C=O) groups excluding carboxylic acids is 1. The van der Waals surface area contributed by atoms with E-state index in [1.165, 1.54) is 18.2 Å². The number of aliphatic hydroxyl groups excluding tert-OH is 1. The predicted octanol–water partition coefficient (Wildman–Crippen LogP) is 2.87. The molecule has 1 amide bonds. The van der Waals surface area contributed by atoms with Gasteiger partial charge in [0.25, 0.3) is 5.91 Å². The lowest BCUT2D eigenvalue weighted by molar-refractivity contribution is 0.0908. The van der Waals surface area contributed by atoms with Crippen molar-refractivity contribution >= 4 is 5.91 Å². The second-order valence-electron chi connectivity index (χ2n) is 5.55. The Hall–Kier alpha value is -1.86. The van der Waals surface area contributed by atoms with Gasteiger partial charge in [-0.25, -0.2) is 4.39 Å². The van der Waals surface area contributed by atoms with E-state index in [0.717, 1.165) is 12.8 Å². The standard InChI is InChI=1S/C17H22FNO2/c1-4-10-17(2,3)19-16(21)15-12-14(18)9-8-13(15)7-5-6-11-20/h8-9,12,20H,4,6,10-11H2,1-3H3,(H,19,21). The molecule has 0 unspecified atom stereocenters. The molecule has 1 aromatic rings. The molecule has 0 aliphatic rings. The lowest BCUT2D eigenvalue weighted by Gasteiger charge is -2.26. The van der Waals surface area contributed by atoms with E-state index >= 15 is 0 Å². The Morgan fingerprint density at radius 2 is 2.14 bits per heavy atom. The van der Waals surface area contributed by atoms with Crippen molar-refractivity contribution < 1.29 is 14.3 Å². The Morgan fingerprint density at radius 1 is 1.43 bits per heavy atom. The zero-order valence-electron chi connectivity index (χ0n) is 12.8. The maximum absolute atomic E-state index is 13.4. The van der Waals surface area contributed by atoms with Crippen molar-refractivity contribution in [3.05, 3.63) is 35.1 Å². The van der Waals surface area contributed by atoms with Crippen LogP contribution in [0.25, 0.3) is 0 Å². The molecule has 0 aliphatic carbocycles. The van der Waals surface area contributed by atoms with Crippen LogP contribution < -0.4 is 5.32 Å². The quantitative estimate of drug-likeness (QED) is 0.820. The van der Waals surface area contributed by atoms with Gasteiger partial charge < -0.3 is 10.4 Å². The molecule has 21 heavy (non-hydrogen) atoms. The van der Waals surface area contributed by atoms with Crippen LogP contribution >= 0.6 is 0 Å². The Labute approximate surface area is 125 Å². The second kappa shape index (κ2) is 7.80. The maximum Gasteiger partial charge on any atom is 0.253 e. The van der Waals surface area contributed by atoms with Gasteiger partial charge in [0.1, 0.15) is 5.82 Å². The average molecular weight is 291 g/mol. The molecule has 0 saturated carbocycles. The lowest BCUT2D eigenvalue weighted by atomic mass is 9.97. The van der Waals surface area contributed by atoms with Crippen molar-refractivity contribution in [1.82, 2.24) is 5.32 Å². The van der Waals surface area contributed by atoms with Gasteiger partial charge in [-0.15, -0.1) is 0 Å². The molecular formula is C17H22FNO2. The first-order valence-corrected chi connectivity index (χ1v) is 7.11. The van der Waals surface area contributed by atoms with Crippen LogP contribution in [0.2, 0.25) is 0 Å². The van der Waals surface area contributed by atoms with Crippen molar-refractivity contribution in [2.24, 2.45) is 0 Å². The van der Waals surface area contributed by atoms with Crippen LogP contribution in [0, 0.1) is 17.7 Å². The van der Waals surface area contributed by atoms with Crippen molar-refractivity contribution in [1.29, 1.82) is 0 Å². The summed E-state index contributed by atoms with van der Waals surface area (Å²) in [6, 6.07) is 3.96. The zero-order chi connectivity index (χ0) is 15.9. The third kappa shape index (κ3) is 5.57. The van der Waals surface area contributed by atoms with Gasteiger partial charge >= 0.3 is 0 Å². The van der Waals surface area contributed by atoms with Crippen LogP contribution in [-0.2, 0) is 0 Å². The van der Waals surface area contributed by atoms with Gasteiger partial charge in [0.05, 0.1) is 12.2 Å². The minimum Gasteiger partial charge on any atom is -0.395 e. The van der Waals surface area contributed by atoms with Gasteiger partial charge in [-0.1, -0.05) is 25.2 Å². The summed E-state index contributed by atoms with van der Waals surface area (Å²) in [6.07, 6.45) is 2.10. The van der Waals surface area contributed by atoms with Crippen molar-refractivity contribution in [3.63, 3.8) is 0 Å². The SMILES string of the molecule is CCCC(C)(C)NC(=O)c1cc(F)ccc1C#CCCO. The molecule has 0 aromatic heterocycles. The van der Waals surface area contributed by atoms with Gasteiger partial charge in [-0.2, -0.15) is 0 Å². The van der Waals surface area contributed by atoms with Crippen LogP contribution in [0.1, 0.15) is 56.0 Å². The Bertz CT molecular complexity index is 556. The number of amides is 1. The molecule has 0 heterocycles. The molecule has 2 N–H and O–H groups in total. The molecule has 0 saturated heterocycles. The van der Waals surface area contributed by atoms with E-state index in [9.17, 15) is 9.18 Å². The van der Waals surface area contributed by atoms with E-state index in [4.69, 9.17) is 5.11 Å². The summed E-state index contributed by atoms with van der Waals surface area (Å²) in [5, 5.41) is 11.6. The largest absolute Gasteiger partial charge is 0.395 e. The number of benzene rings is 1. The van der Waals surface area contributed by atoms with E-state index in [0.29, 0.717) is 12.0 Å². The summed E-state index contributed by atoms with van der Waals surface area (Å²) < 4.78 is 13.4. The first-order chi connectivity index (χ1) is 9.89.